The van der Waals surface area contributed by atoms with Crippen LogP contribution in [0.3, 0.4) is 0 Å². The van der Waals surface area contributed by atoms with Crippen molar-refractivity contribution in [2.75, 3.05) is 38.2 Å². The quantitative estimate of drug-likeness (QED) is 0.516. The summed E-state index contributed by atoms with van der Waals surface area (Å²) >= 11 is 1.56. The predicted molar refractivity (Wildman–Crippen MR) is 119 cm³/mol. The Morgan fingerprint density at radius 3 is 2.83 bits per heavy atom. The number of carbonyl (C=O) groups is 1. The van der Waals surface area contributed by atoms with Gasteiger partial charge in [-0.2, -0.15) is 0 Å². The molecule has 2 aromatic heterocycles. The number of ether oxygens (including phenoxy) is 1. The minimum atomic E-state index is -0.0175. The van der Waals surface area contributed by atoms with Crippen molar-refractivity contribution in [3.63, 3.8) is 0 Å². The van der Waals surface area contributed by atoms with Gasteiger partial charge in [-0.05, 0) is 24.3 Å². The summed E-state index contributed by atoms with van der Waals surface area (Å²) in [7, 11) is 0. The average molecular weight is 420 g/mol. The second-order valence-electron chi connectivity index (χ2n) is 7.20. The largest absolute Gasteiger partial charge is 0.454 e. The van der Waals surface area contributed by atoms with Crippen LogP contribution in [0.1, 0.15) is 0 Å². The van der Waals surface area contributed by atoms with Gasteiger partial charge in [0.2, 0.25) is 5.91 Å². The highest BCUT2D eigenvalue weighted by Gasteiger charge is 2.15. The van der Waals surface area contributed by atoms with Gasteiger partial charge in [-0.25, -0.2) is 4.98 Å². The minimum Gasteiger partial charge on any atom is -0.454 e. The molecule has 2 aromatic carbocycles. The number of rotatable bonds is 5. The summed E-state index contributed by atoms with van der Waals surface area (Å²) in [5, 5.41) is 6.94. The number of fused-ring (bicyclic) bond motifs is 1. The number of benzene rings is 2. The van der Waals surface area contributed by atoms with E-state index in [2.05, 4.69) is 10.2 Å². The number of carbonyl (C=O) groups excluding carboxylic acids is 1. The molecule has 0 unspecified atom stereocenters. The van der Waals surface area contributed by atoms with E-state index in [-0.39, 0.29) is 5.91 Å². The van der Waals surface area contributed by atoms with Gasteiger partial charge in [0.1, 0.15) is 16.3 Å². The number of aromatic nitrogens is 1. The molecule has 1 aliphatic rings. The SMILES string of the molecule is O=C(CN1CCOCC1)Nc1cccc(-c2nc(-c3cc4ccccc4o3)cs2)c1. The molecule has 6 nitrogen and oxygen atoms in total. The molecule has 30 heavy (non-hydrogen) atoms. The summed E-state index contributed by atoms with van der Waals surface area (Å²) in [6, 6.07) is 17.7. The number of hydrogen-bond donors (Lipinski definition) is 1. The smallest absolute Gasteiger partial charge is 0.238 e. The van der Waals surface area contributed by atoms with E-state index < -0.39 is 0 Å². The summed E-state index contributed by atoms with van der Waals surface area (Å²) in [6.45, 7) is 3.32. The molecule has 152 valence electrons. The third-order valence-electron chi connectivity index (χ3n) is 5.05. The molecule has 3 heterocycles. The average Bonchev–Trinajstić information content (AvgIpc) is 3.42. The van der Waals surface area contributed by atoms with Gasteiger partial charge in [0.15, 0.2) is 5.76 Å². The lowest BCUT2D eigenvalue weighted by Gasteiger charge is -2.25. The lowest BCUT2D eigenvalue weighted by molar-refractivity contribution is -0.118. The van der Waals surface area contributed by atoms with E-state index in [1.807, 2.05) is 60.0 Å². The first-order chi connectivity index (χ1) is 14.7. The highest BCUT2D eigenvalue weighted by Crippen LogP contribution is 2.32. The molecule has 0 bridgehead atoms. The Bertz CT molecular complexity index is 1140. The third-order valence-corrected chi connectivity index (χ3v) is 5.94. The highest BCUT2D eigenvalue weighted by molar-refractivity contribution is 7.13. The van der Waals surface area contributed by atoms with Gasteiger partial charge in [0, 0.05) is 35.1 Å². The summed E-state index contributed by atoms with van der Waals surface area (Å²) in [5.41, 5.74) is 3.40. The van der Waals surface area contributed by atoms with Crippen LogP contribution in [0.4, 0.5) is 5.69 Å². The van der Waals surface area contributed by atoms with Crippen LogP contribution in [0.25, 0.3) is 33.0 Å². The second-order valence-corrected chi connectivity index (χ2v) is 8.06. The summed E-state index contributed by atoms with van der Waals surface area (Å²) < 4.78 is 11.3. The Kier molecular flexibility index (Phi) is 5.31. The van der Waals surface area contributed by atoms with Crippen molar-refractivity contribution in [3.8, 4) is 22.0 Å². The number of anilines is 1. The Morgan fingerprint density at radius 2 is 1.97 bits per heavy atom. The molecule has 1 fully saturated rings. The van der Waals surface area contributed by atoms with Crippen molar-refractivity contribution in [1.82, 2.24) is 9.88 Å². The normalized spacial score (nSPS) is 14.8. The van der Waals surface area contributed by atoms with Gasteiger partial charge in [-0.1, -0.05) is 30.3 Å². The number of nitrogens with zero attached hydrogens (tertiary/aromatic N) is 2. The van der Waals surface area contributed by atoms with Gasteiger partial charge in [-0.15, -0.1) is 11.3 Å². The van der Waals surface area contributed by atoms with Crippen molar-refractivity contribution >= 4 is 33.9 Å². The topological polar surface area (TPSA) is 67.6 Å². The van der Waals surface area contributed by atoms with Crippen LogP contribution < -0.4 is 5.32 Å². The molecular weight excluding hydrogens is 398 g/mol. The van der Waals surface area contributed by atoms with E-state index in [0.29, 0.717) is 19.8 Å². The van der Waals surface area contributed by atoms with E-state index in [1.54, 1.807) is 11.3 Å². The number of thiazole rings is 1. The number of nitrogens with one attached hydrogen (secondary N) is 1. The number of hydrogen-bond acceptors (Lipinski definition) is 6. The van der Waals surface area contributed by atoms with E-state index in [1.165, 1.54) is 0 Å². The fourth-order valence-corrected chi connectivity index (χ4v) is 4.33. The molecule has 0 radical (unpaired) electrons. The van der Waals surface area contributed by atoms with Crippen molar-refractivity contribution in [1.29, 1.82) is 0 Å². The van der Waals surface area contributed by atoms with Crippen molar-refractivity contribution in [2.24, 2.45) is 0 Å². The van der Waals surface area contributed by atoms with Gasteiger partial charge in [0.25, 0.3) is 0 Å². The van der Waals surface area contributed by atoms with Crippen LogP contribution >= 0.6 is 11.3 Å². The predicted octanol–water partition coefficient (Wildman–Crippen LogP) is 4.49. The van der Waals surface area contributed by atoms with Crippen molar-refractivity contribution in [3.05, 3.63) is 60.0 Å². The lowest BCUT2D eigenvalue weighted by atomic mass is 10.2. The van der Waals surface area contributed by atoms with Crippen LogP contribution in [0.15, 0.2) is 64.4 Å². The molecule has 0 aliphatic carbocycles. The summed E-state index contributed by atoms with van der Waals surface area (Å²) in [6.07, 6.45) is 0. The first-order valence-corrected chi connectivity index (χ1v) is 10.8. The van der Waals surface area contributed by atoms with Gasteiger partial charge < -0.3 is 14.5 Å². The highest BCUT2D eigenvalue weighted by atomic mass is 32.1. The van der Waals surface area contributed by atoms with Crippen LogP contribution in [-0.2, 0) is 9.53 Å². The monoisotopic (exact) mass is 419 g/mol. The molecule has 4 aromatic rings. The standard InChI is InChI=1S/C23H21N3O3S/c27-22(14-26-8-10-28-11-9-26)24-18-6-3-5-17(12-18)23-25-19(15-30-23)21-13-16-4-1-2-7-20(16)29-21/h1-7,12-13,15H,8-11,14H2,(H,24,27). The van der Waals surface area contributed by atoms with Crippen molar-refractivity contribution < 1.29 is 13.9 Å². The Hall–Kier alpha value is -3.00. The molecule has 7 heteroatoms. The summed E-state index contributed by atoms with van der Waals surface area (Å²) in [5.74, 6) is 0.741. The minimum absolute atomic E-state index is 0.0175. The Balaban J connectivity index is 1.31. The molecule has 1 aliphatic heterocycles. The zero-order valence-corrected chi connectivity index (χ0v) is 17.2. The lowest BCUT2D eigenvalue weighted by Crippen LogP contribution is -2.41. The fourth-order valence-electron chi connectivity index (χ4n) is 3.52. The van der Waals surface area contributed by atoms with Crippen LogP contribution in [0.2, 0.25) is 0 Å². The summed E-state index contributed by atoms with van der Waals surface area (Å²) in [4.78, 5) is 19.2. The Labute approximate surface area is 178 Å². The van der Waals surface area contributed by atoms with E-state index in [4.69, 9.17) is 14.1 Å². The fraction of sp³-hybridized carbons (Fsp3) is 0.217. The Morgan fingerprint density at radius 1 is 1.10 bits per heavy atom. The number of amides is 1. The van der Waals surface area contributed by atoms with Gasteiger partial charge in [-0.3, -0.25) is 9.69 Å². The van der Waals surface area contributed by atoms with E-state index in [9.17, 15) is 4.79 Å². The maximum atomic E-state index is 12.4. The maximum Gasteiger partial charge on any atom is 0.238 e. The zero-order valence-electron chi connectivity index (χ0n) is 16.3. The zero-order chi connectivity index (χ0) is 20.3. The van der Waals surface area contributed by atoms with Crippen molar-refractivity contribution in [2.45, 2.75) is 0 Å². The van der Waals surface area contributed by atoms with Gasteiger partial charge >= 0.3 is 0 Å². The van der Waals surface area contributed by atoms with Crippen LogP contribution in [0.5, 0.6) is 0 Å². The molecule has 0 saturated carbocycles. The van der Waals surface area contributed by atoms with Crippen LogP contribution in [0, 0.1) is 0 Å². The first kappa shape index (κ1) is 19.0. The molecule has 5 rings (SSSR count). The van der Waals surface area contributed by atoms with E-state index >= 15 is 0 Å². The number of furan rings is 1. The molecule has 1 N–H and O–H groups in total. The first-order valence-electron chi connectivity index (χ1n) is 9.89. The molecule has 1 saturated heterocycles. The number of para-hydroxylation sites is 1. The van der Waals surface area contributed by atoms with E-state index in [0.717, 1.165) is 51.8 Å². The second kappa shape index (κ2) is 8.39. The third kappa shape index (κ3) is 4.14. The maximum absolute atomic E-state index is 12.4. The molecule has 0 spiro atoms. The molecule has 0 atom stereocenters. The molecular formula is C23H21N3O3S. The van der Waals surface area contributed by atoms with Gasteiger partial charge in [0.05, 0.1) is 19.8 Å². The van der Waals surface area contributed by atoms with Crippen LogP contribution in [-0.4, -0.2) is 48.6 Å². The molecule has 1 amide bonds. The number of morpholine rings is 1.